The molecule has 2 heterocycles. The highest BCUT2D eigenvalue weighted by Gasteiger charge is 2.30. The molecule has 0 spiro atoms. The van der Waals surface area contributed by atoms with Crippen LogP contribution in [-0.4, -0.2) is 28.3 Å². The number of aromatic nitrogens is 2. The van der Waals surface area contributed by atoms with E-state index in [-0.39, 0.29) is 18.3 Å². The minimum Gasteiger partial charge on any atom is -0.368 e. The van der Waals surface area contributed by atoms with Crippen molar-refractivity contribution in [3.8, 4) is 11.1 Å². The summed E-state index contributed by atoms with van der Waals surface area (Å²) in [5, 5.41) is 2.87. The van der Waals surface area contributed by atoms with Crippen LogP contribution in [0.4, 0.5) is 30.5 Å². The lowest BCUT2D eigenvalue weighted by atomic mass is 9.98. The molecule has 0 bridgehead atoms. The summed E-state index contributed by atoms with van der Waals surface area (Å²) in [6, 6.07) is 18.4. The number of hydrogen-bond acceptors (Lipinski definition) is 5. The first-order valence-corrected chi connectivity index (χ1v) is 11.8. The Kier molecular flexibility index (Phi) is 6.54. The highest BCUT2D eigenvalue weighted by Crippen LogP contribution is 2.33. The van der Waals surface area contributed by atoms with Gasteiger partial charge in [0, 0.05) is 29.7 Å². The van der Waals surface area contributed by atoms with Crippen LogP contribution >= 0.6 is 0 Å². The molecule has 3 N–H and O–H groups in total. The van der Waals surface area contributed by atoms with Crippen molar-refractivity contribution in [2.24, 2.45) is 0 Å². The number of nitrogens with one attached hydrogen (secondary N) is 1. The zero-order valence-electron chi connectivity index (χ0n) is 20.0. The predicted molar refractivity (Wildman–Crippen MR) is 137 cm³/mol. The number of alkyl halides is 3. The van der Waals surface area contributed by atoms with Crippen LogP contribution in [0.5, 0.6) is 0 Å². The summed E-state index contributed by atoms with van der Waals surface area (Å²) in [5.41, 5.74) is 8.95. The fourth-order valence-electron chi connectivity index (χ4n) is 4.47. The molecule has 2 amide bonds. The van der Waals surface area contributed by atoms with Crippen LogP contribution in [0, 0.1) is 0 Å². The molecule has 1 aliphatic rings. The van der Waals surface area contributed by atoms with Crippen molar-refractivity contribution in [2.45, 2.75) is 19.0 Å². The summed E-state index contributed by atoms with van der Waals surface area (Å²) in [6.07, 6.45) is -2.22. The quantitative estimate of drug-likeness (QED) is 0.382. The molecule has 7 nitrogen and oxygen atoms in total. The van der Waals surface area contributed by atoms with Gasteiger partial charge in [0.25, 0.3) is 5.91 Å². The lowest BCUT2D eigenvalue weighted by Crippen LogP contribution is -2.30. The first-order chi connectivity index (χ1) is 18.2. The lowest BCUT2D eigenvalue weighted by Gasteiger charge is -2.18. The van der Waals surface area contributed by atoms with E-state index in [9.17, 15) is 22.8 Å². The van der Waals surface area contributed by atoms with Gasteiger partial charge in [-0.2, -0.15) is 13.2 Å². The average Bonchev–Trinajstić information content (AvgIpc) is 3.32. The summed E-state index contributed by atoms with van der Waals surface area (Å²) < 4.78 is 38.9. The Morgan fingerprint density at radius 3 is 2.50 bits per heavy atom. The SMILES string of the molecule is Nc1nccc(CC(=O)N2CCc3cc(NC(=O)c4ccccc4-c4ccc(C(F)(F)F)cc4)ccc32)n1. The Balaban J connectivity index is 1.32. The third-order valence-corrected chi connectivity index (χ3v) is 6.29. The molecule has 1 aliphatic heterocycles. The van der Waals surface area contributed by atoms with E-state index in [0.717, 1.165) is 23.4 Å². The number of benzene rings is 3. The third-order valence-electron chi connectivity index (χ3n) is 6.29. The van der Waals surface area contributed by atoms with Gasteiger partial charge in [0.1, 0.15) is 0 Å². The first kappa shape index (κ1) is 24.9. The monoisotopic (exact) mass is 517 g/mol. The van der Waals surface area contributed by atoms with E-state index in [1.54, 1.807) is 47.4 Å². The first-order valence-electron chi connectivity index (χ1n) is 11.8. The number of hydrogen-bond donors (Lipinski definition) is 2. The van der Waals surface area contributed by atoms with Gasteiger partial charge in [-0.05, 0) is 65.6 Å². The molecule has 0 aliphatic carbocycles. The molecule has 0 radical (unpaired) electrons. The van der Waals surface area contributed by atoms with E-state index < -0.39 is 17.6 Å². The van der Waals surface area contributed by atoms with Gasteiger partial charge in [-0.25, -0.2) is 9.97 Å². The largest absolute Gasteiger partial charge is 0.416 e. The van der Waals surface area contributed by atoms with Crippen LogP contribution < -0.4 is 16.0 Å². The van der Waals surface area contributed by atoms with Crippen LogP contribution in [0.2, 0.25) is 0 Å². The highest BCUT2D eigenvalue weighted by atomic mass is 19.4. The van der Waals surface area contributed by atoms with Crippen molar-refractivity contribution in [3.63, 3.8) is 0 Å². The molecule has 0 unspecified atom stereocenters. The number of rotatable bonds is 5. The van der Waals surface area contributed by atoms with Gasteiger partial charge in [-0.3, -0.25) is 9.59 Å². The average molecular weight is 518 g/mol. The van der Waals surface area contributed by atoms with Gasteiger partial charge in [0.2, 0.25) is 11.9 Å². The molecule has 0 saturated carbocycles. The van der Waals surface area contributed by atoms with Gasteiger partial charge in [0.15, 0.2) is 0 Å². The second-order valence-corrected chi connectivity index (χ2v) is 8.80. The van der Waals surface area contributed by atoms with Crippen LogP contribution in [0.25, 0.3) is 11.1 Å². The summed E-state index contributed by atoms with van der Waals surface area (Å²) in [5.74, 6) is -0.408. The van der Waals surface area contributed by atoms with E-state index >= 15 is 0 Å². The fraction of sp³-hybridized carbons (Fsp3) is 0.143. The van der Waals surface area contributed by atoms with Crippen LogP contribution in [0.1, 0.15) is 27.2 Å². The molecular formula is C28H22F3N5O2. The Bertz CT molecular complexity index is 1520. The molecule has 4 aromatic rings. The smallest absolute Gasteiger partial charge is 0.368 e. The molecule has 0 atom stereocenters. The minimum atomic E-state index is -4.44. The standard InChI is InChI=1S/C28H22F3N5O2/c29-28(30,31)19-7-5-17(6-8-19)22-3-1-2-4-23(22)26(38)34-20-9-10-24-18(15-20)12-14-36(24)25(37)16-21-11-13-33-27(32)35-21/h1-11,13,15H,12,14,16H2,(H,34,38)(H2,32,33,35). The van der Waals surface area contributed by atoms with Crippen molar-refractivity contribution >= 4 is 29.1 Å². The Morgan fingerprint density at radius 1 is 1.00 bits per heavy atom. The topological polar surface area (TPSA) is 101 Å². The van der Waals surface area contributed by atoms with Gasteiger partial charge in [-0.1, -0.05) is 30.3 Å². The van der Waals surface area contributed by atoms with Crippen molar-refractivity contribution in [1.82, 2.24) is 9.97 Å². The van der Waals surface area contributed by atoms with E-state index in [0.29, 0.717) is 41.0 Å². The van der Waals surface area contributed by atoms with Crippen molar-refractivity contribution in [2.75, 3.05) is 22.5 Å². The molecule has 3 aromatic carbocycles. The number of fused-ring (bicyclic) bond motifs is 1. The number of carbonyl (C=O) groups is 2. The van der Waals surface area contributed by atoms with Crippen LogP contribution in [0.3, 0.4) is 0 Å². The number of amides is 2. The molecule has 0 saturated heterocycles. The number of anilines is 3. The van der Waals surface area contributed by atoms with Gasteiger partial charge >= 0.3 is 6.18 Å². The Labute approximate surface area is 216 Å². The van der Waals surface area contributed by atoms with Crippen molar-refractivity contribution < 1.29 is 22.8 Å². The number of carbonyl (C=O) groups excluding carboxylic acids is 2. The number of nitrogens with two attached hydrogens (primary N) is 1. The molecule has 0 fully saturated rings. The normalized spacial score (nSPS) is 12.8. The number of nitrogens with zero attached hydrogens (tertiary/aromatic N) is 3. The molecule has 192 valence electrons. The Hall–Kier alpha value is -4.73. The molecule has 10 heteroatoms. The second kappa shape index (κ2) is 9.97. The van der Waals surface area contributed by atoms with Crippen molar-refractivity contribution in [1.29, 1.82) is 0 Å². The predicted octanol–water partition coefficient (Wildman–Crippen LogP) is 5.13. The van der Waals surface area contributed by atoms with Gasteiger partial charge in [0.05, 0.1) is 17.7 Å². The maximum Gasteiger partial charge on any atom is 0.416 e. The number of nitrogen functional groups attached to an aromatic ring is 1. The summed E-state index contributed by atoms with van der Waals surface area (Å²) >= 11 is 0. The zero-order valence-corrected chi connectivity index (χ0v) is 20.0. The van der Waals surface area contributed by atoms with E-state index in [1.165, 1.54) is 18.3 Å². The Morgan fingerprint density at radius 2 is 1.76 bits per heavy atom. The summed E-state index contributed by atoms with van der Waals surface area (Å²) in [4.78, 5) is 35.6. The highest BCUT2D eigenvalue weighted by molar-refractivity contribution is 6.09. The third kappa shape index (κ3) is 5.19. The van der Waals surface area contributed by atoms with Crippen LogP contribution in [0.15, 0.2) is 79.0 Å². The fourth-order valence-corrected chi connectivity index (χ4v) is 4.47. The lowest BCUT2D eigenvalue weighted by molar-refractivity contribution is -0.137. The molecular weight excluding hydrogens is 495 g/mol. The summed E-state index contributed by atoms with van der Waals surface area (Å²) in [6.45, 7) is 0.503. The molecule has 38 heavy (non-hydrogen) atoms. The summed E-state index contributed by atoms with van der Waals surface area (Å²) in [7, 11) is 0. The van der Waals surface area contributed by atoms with Crippen LogP contribution in [-0.2, 0) is 23.8 Å². The van der Waals surface area contributed by atoms with E-state index in [2.05, 4.69) is 15.3 Å². The second-order valence-electron chi connectivity index (χ2n) is 8.80. The maximum absolute atomic E-state index is 13.2. The maximum atomic E-state index is 13.2. The number of halogens is 3. The minimum absolute atomic E-state index is 0.0887. The van der Waals surface area contributed by atoms with E-state index in [4.69, 9.17) is 5.73 Å². The van der Waals surface area contributed by atoms with E-state index in [1.807, 2.05) is 6.07 Å². The molecule has 5 rings (SSSR count). The van der Waals surface area contributed by atoms with Crippen molar-refractivity contribution in [3.05, 3.63) is 101 Å². The molecule has 1 aromatic heterocycles. The van der Waals surface area contributed by atoms with Gasteiger partial charge in [-0.15, -0.1) is 0 Å². The van der Waals surface area contributed by atoms with Gasteiger partial charge < -0.3 is 16.0 Å². The zero-order chi connectivity index (χ0) is 26.9.